The Morgan fingerprint density at radius 1 is 1.27 bits per heavy atom. The molecule has 1 saturated carbocycles. The molecule has 2 nitrogen and oxygen atoms in total. The third-order valence-electron chi connectivity index (χ3n) is 3.37. The van der Waals surface area contributed by atoms with Crippen molar-refractivity contribution < 1.29 is 4.79 Å². The van der Waals surface area contributed by atoms with Crippen LogP contribution in [-0.2, 0) is 0 Å². The molecule has 0 bridgehead atoms. The molecule has 2 fully saturated rings. The van der Waals surface area contributed by atoms with Crippen molar-refractivity contribution in [3.8, 4) is 0 Å². The van der Waals surface area contributed by atoms with Crippen LogP contribution in [0.15, 0.2) is 24.3 Å². The SMILES string of the molecule is O=C(c1ccccc1Cl)N1CC2CC2C1. The molecule has 3 heteroatoms. The summed E-state index contributed by atoms with van der Waals surface area (Å²) in [7, 11) is 0. The number of carbonyl (C=O) groups excluding carboxylic acids is 1. The largest absolute Gasteiger partial charge is 0.338 e. The van der Waals surface area contributed by atoms with Gasteiger partial charge in [0.1, 0.15) is 0 Å². The molecule has 1 amide bonds. The van der Waals surface area contributed by atoms with Crippen LogP contribution in [0.4, 0.5) is 0 Å². The van der Waals surface area contributed by atoms with Gasteiger partial charge in [-0.2, -0.15) is 0 Å². The van der Waals surface area contributed by atoms with Crippen molar-refractivity contribution in [2.45, 2.75) is 6.42 Å². The molecule has 2 unspecified atom stereocenters. The summed E-state index contributed by atoms with van der Waals surface area (Å²) in [5.74, 6) is 1.64. The minimum atomic E-state index is 0.0906. The fourth-order valence-electron chi connectivity index (χ4n) is 2.37. The first-order valence-electron chi connectivity index (χ1n) is 5.29. The van der Waals surface area contributed by atoms with E-state index in [0.29, 0.717) is 10.6 Å². The van der Waals surface area contributed by atoms with Crippen LogP contribution in [0, 0.1) is 11.8 Å². The first kappa shape index (κ1) is 9.22. The number of piperidine rings is 1. The van der Waals surface area contributed by atoms with Crippen molar-refractivity contribution in [3.63, 3.8) is 0 Å². The van der Waals surface area contributed by atoms with Crippen LogP contribution in [0.25, 0.3) is 0 Å². The number of hydrogen-bond acceptors (Lipinski definition) is 1. The predicted octanol–water partition coefficient (Wildman–Crippen LogP) is 2.43. The van der Waals surface area contributed by atoms with E-state index < -0.39 is 0 Å². The Morgan fingerprint density at radius 2 is 1.93 bits per heavy atom. The Labute approximate surface area is 93.8 Å². The molecular weight excluding hydrogens is 210 g/mol. The van der Waals surface area contributed by atoms with E-state index in [1.807, 2.05) is 17.0 Å². The molecular formula is C12H12ClNO. The zero-order chi connectivity index (χ0) is 10.4. The van der Waals surface area contributed by atoms with E-state index in [-0.39, 0.29) is 5.91 Å². The third-order valence-corrected chi connectivity index (χ3v) is 3.70. The van der Waals surface area contributed by atoms with Crippen LogP contribution < -0.4 is 0 Å². The van der Waals surface area contributed by atoms with Gasteiger partial charge in [0.15, 0.2) is 0 Å². The summed E-state index contributed by atoms with van der Waals surface area (Å²) in [6.07, 6.45) is 1.31. The van der Waals surface area contributed by atoms with Crippen molar-refractivity contribution in [1.29, 1.82) is 0 Å². The van der Waals surface area contributed by atoms with E-state index >= 15 is 0 Å². The van der Waals surface area contributed by atoms with Crippen molar-refractivity contribution >= 4 is 17.5 Å². The van der Waals surface area contributed by atoms with Crippen LogP contribution in [0.2, 0.25) is 5.02 Å². The molecule has 3 rings (SSSR count). The lowest BCUT2D eigenvalue weighted by molar-refractivity contribution is 0.0776. The summed E-state index contributed by atoms with van der Waals surface area (Å²) in [5.41, 5.74) is 0.639. The number of halogens is 1. The van der Waals surface area contributed by atoms with Crippen LogP contribution >= 0.6 is 11.6 Å². The Morgan fingerprint density at radius 3 is 2.60 bits per heavy atom. The highest BCUT2D eigenvalue weighted by atomic mass is 35.5. The molecule has 15 heavy (non-hydrogen) atoms. The maximum atomic E-state index is 12.1. The molecule has 1 heterocycles. The Hall–Kier alpha value is -1.02. The number of carbonyl (C=O) groups is 1. The second-order valence-corrected chi connectivity index (χ2v) is 4.85. The zero-order valence-electron chi connectivity index (χ0n) is 8.32. The average molecular weight is 222 g/mol. The quantitative estimate of drug-likeness (QED) is 0.713. The maximum Gasteiger partial charge on any atom is 0.255 e. The molecule has 0 radical (unpaired) electrons. The Balaban J connectivity index is 1.82. The number of likely N-dealkylation sites (tertiary alicyclic amines) is 1. The summed E-state index contributed by atoms with van der Waals surface area (Å²) in [4.78, 5) is 14.0. The van der Waals surface area contributed by atoms with Gasteiger partial charge in [0.2, 0.25) is 0 Å². The van der Waals surface area contributed by atoms with Crippen LogP contribution in [0.5, 0.6) is 0 Å². The molecule has 1 aromatic rings. The first-order valence-corrected chi connectivity index (χ1v) is 5.67. The lowest BCUT2D eigenvalue weighted by Crippen LogP contribution is -2.30. The van der Waals surface area contributed by atoms with Gasteiger partial charge in [-0.3, -0.25) is 4.79 Å². The molecule has 0 N–H and O–H groups in total. The van der Waals surface area contributed by atoms with Crippen LogP contribution in [0.3, 0.4) is 0 Å². The summed E-state index contributed by atoms with van der Waals surface area (Å²) < 4.78 is 0. The molecule has 78 valence electrons. The minimum Gasteiger partial charge on any atom is -0.338 e. The van der Waals surface area contributed by atoms with E-state index in [9.17, 15) is 4.79 Å². The predicted molar refractivity (Wildman–Crippen MR) is 59.0 cm³/mol. The lowest BCUT2D eigenvalue weighted by Gasteiger charge is -2.18. The Bertz CT molecular complexity index is 408. The molecule has 1 aromatic carbocycles. The number of nitrogens with zero attached hydrogens (tertiary/aromatic N) is 1. The lowest BCUT2D eigenvalue weighted by atomic mass is 10.2. The molecule has 2 atom stereocenters. The van der Waals surface area contributed by atoms with Gasteiger partial charge in [-0.05, 0) is 30.4 Å². The summed E-state index contributed by atoms with van der Waals surface area (Å²) in [6.45, 7) is 1.85. The molecule has 0 aromatic heterocycles. The first-order chi connectivity index (χ1) is 7.25. The number of benzene rings is 1. The molecule has 1 aliphatic heterocycles. The van der Waals surface area contributed by atoms with E-state index in [1.165, 1.54) is 6.42 Å². The van der Waals surface area contributed by atoms with Gasteiger partial charge < -0.3 is 4.90 Å². The van der Waals surface area contributed by atoms with Gasteiger partial charge in [0.05, 0.1) is 10.6 Å². The normalized spacial score (nSPS) is 27.7. The van der Waals surface area contributed by atoms with Gasteiger partial charge in [-0.1, -0.05) is 23.7 Å². The molecule has 2 aliphatic rings. The van der Waals surface area contributed by atoms with Gasteiger partial charge in [-0.25, -0.2) is 0 Å². The highest BCUT2D eigenvalue weighted by Crippen LogP contribution is 2.45. The monoisotopic (exact) mass is 221 g/mol. The van der Waals surface area contributed by atoms with Gasteiger partial charge in [0.25, 0.3) is 5.91 Å². The van der Waals surface area contributed by atoms with Gasteiger partial charge >= 0.3 is 0 Å². The molecule has 1 aliphatic carbocycles. The van der Waals surface area contributed by atoms with Gasteiger partial charge in [-0.15, -0.1) is 0 Å². The number of fused-ring (bicyclic) bond motifs is 1. The highest BCUT2D eigenvalue weighted by molar-refractivity contribution is 6.33. The number of rotatable bonds is 1. The number of amides is 1. The molecule has 0 spiro atoms. The summed E-state index contributed by atoms with van der Waals surface area (Å²) in [6, 6.07) is 7.27. The Kier molecular flexibility index (Phi) is 1.99. The number of hydrogen-bond donors (Lipinski definition) is 0. The van der Waals surface area contributed by atoms with Crippen molar-refractivity contribution in [2.75, 3.05) is 13.1 Å². The second-order valence-electron chi connectivity index (χ2n) is 4.45. The minimum absolute atomic E-state index is 0.0906. The molecule has 1 saturated heterocycles. The maximum absolute atomic E-state index is 12.1. The van der Waals surface area contributed by atoms with Crippen molar-refractivity contribution in [2.24, 2.45) is 11.8 Å². The summed E-state index contributed by atoms with van der Waals surface area (Å²) in [5, 5.41) is 0.558. The van der Waals surface area contributed by atoms with E-state index in [2.05, 4.69) is 0 Å². The second kappa shape index (κ2) is 3.24. The fraction of sp³-hybridized carbons (Fsp3) is 0.417. The third kappa shape index (κ3) is 1.53. The van der Waals surface area contributed by atoms with Crippen LogP contribution in [-0.4, -0.2) is 23.9 Å². The van der Waals surface area contributed by atoms with E-state index in [4.69, 9.17) is 11.6 Å². The topological polar surface area (TPSA) is 20.3 Å². The van der Waals surface area contributed by atoms with Gasteiger partial charge in [0, 0.05) is 13.1 Å². The van der Waals surface area contributed by atoms with E-state index in [0.717, 1.165) is 24.9 Å². The van der Waals surface area contributed by atoms with Crippen molar-refractivity contribution in [1.82, 2.24) is 4.90 Å². The van der Waals surface area contributed by atoms with E-state index in [1.54, 1.807) is 12.1 Å². The van der Waals surface area contributed by atoms with Crippen LogP contribution in [0.1, 0.15) is 16.8 Å². The average Bonchev–Trinajstić information content (AvgIpc) is 2.86. The standard InChI is InChI=1S/C12H12ClNO/c13-11-4-2-1-3-10(11)12(15)14-6-8-5-9(8)7-14/h1-4,8-9H,5-7H2. The highest BCUT2D eigenvalue weighted by Gasteiger charge is 2.46. The smallest absolute Gasteiger partial charge is 0.255 e. The zero-order valence-corrected chi connectivity index (χ0v) is 9.07. The van der Waals surface area contributed by atoms with Crippen molar-refractivity contribution in [3.05, 3.63) is 34.9 Å². The summed E-state index contributed by atoms with van der Waals surface area (Å²) >= 11 is 6.00. The fourth-order valence-corrected chi connectivity index (χ4v) is 2.59.